The second kappa shape index (κ2) is 13.2. The standard InChI is InChI=1S/C27H36ClN3O4S/c1-3-25(27(33)29-23-12-8-5-9-13-23)31(19-18-21-10-6-4-7-11-21)26(32)20-30(2)36(34,35)24-16-14-22(28)15-17-24/h4,6-7,10-11,14-17,23,25H,3,5,8-9,12-13,18-20H2,1-2H3,(H,29,33)/t25-/m0/s1. The van der Waals surface area contributed by atoms with Gasteiger partial charge in [-0.3, -0.25) is 9.59 Å². The highest BCUT2D eigenvalue weighted by Crippen LogP contribution is 2.20. The van der Waals surface area contributed by atoms with Gasteiger partial charge in [-0.15, -0.1) is 0 Å². The average molecular weight is 534 g/mol. The van der Waals surface area contributed by atoms with Crippen LogP contribution in [0, 0.1) is 0 Å². The molecule has 196 valence electrons. The second-order valence-corrected chi connectivity index (χ2v) is 11.8. The number of benzene rings is 2. The Morgan fingerprint density at radius 3 is 2.28 bits per heavy atom. The van der Waals surface area contributed by atoms with E-state index in [0.717, 1.165) is 35.6 Å². The van der Waals surface area contributed by atoms with E-state index in [2.05, 4.69) is 5.32 Å². The highest BCUT2D eigenvalue weighted by atomic mass is 35.5. The molecular formula is C27H36ClN3O4S. The van der Waals surface area contributed by atoms with E-state index in [0.29, 0.717) is 24.4 Å². The summed E-state index contributed by atoms with van der Waals surface area (Å²) in [4.78, 5) is 28.4. The molecule has 9 heteroatoms. The first-order valence-corrected chi connectivity index (χ1v) is 14.4. The van der Waals surface area contributed by atoms with Gasteiger partial charge in [0, 0.05) is 24.7 Å². The quantitative estimate of drug-likeness (QED) is 0.467. The van der Waals surface area contributed by atoms with Crippen LogP contribution < -0.4 is 5.32 Å². The van der Waals surface area contributed by atoms with Crippen LogP contribution in [0.3, 0.4) is 0 Å². The van der Waals surface area contributed by atoms with Crippen molar-refractivity contribution in [2.24, 2.45) is 0 Å². The molecule has 0 aliphatic heterocycles. The minimum absolute atomic E-state index is 0.0557. The molecular weight excluding hydrogens is 498 g/mol. The van der Waals surface area contributed by atoms with Crippen LogP contribution in [0.2, 0.25) is 5.02 Å². The van der Waals surface area contributed by atoms with Gasteiger partial charge in [0.1, 0.15) is 6.04 Å². The lowest BCUT2D eigenvalue weighted by Gasteiger charge is -2.33. The Kier molecular flexibility index (Phi) is 10.3. The maximum absolute atomic E-state index is 13.5. The maximum Gasteiger partial charge on any atom is 0.243 e. The van der Waals surface area contributed by atoms with Gasteiger partial charge in [0.25, 0.3) is 0 Å². The minimum atomic E-state index is -3.90. The van der Waals surface area contributed by atoms with E-state index in [4.69, 9.17) is 11.6 Å². The van der Waals surface area contributed by atoms with Crippen LogP contribution in [0.15, 0.2) is 59.5 Å². The number of carbonyl (C=O) groups excluding carboxylic acids is 2. The van der Waals surface area contributed by atoms with E-state index in [1.165, 1.54) is 37.7 Å². The van der Waals surface area contributed by atoms with Crippen molar-refractivity contribution in [2.45, 2.75) is 68.8 Å². The van der Waals surface area contributed by atoms with E-state index < -0.39 is 22.0 Å². The highest BCUT2D eigenvalue weighted by Gasteiger charge is 2.32. The molecule has 0 unspecified atom stereocenters. The third kappa shape index (κ3) is 7.54. The zero-order valence-electron chi connectivity index (χ0n) is 21.0. The molecule has 0 saturated heterocycles. The molecule has 2 amide bonds. The van der Waals surface area contributed by atoms with Crippen molar-refractivity contribution in [3.05, 3.63) is 65.2 Å². The number of hydrogen-bond acceptors (Lipinski definition) is 4. The zero-order chi connectivity index (χ0) is 26.1. The third-order valence-corrected chi connectivity index (χ3v) is 8.77. The second-order valence-electron chi connectivity index (χ2n) is 9.31. The molecule has 1 atom stereocenters. The molecule has 7 nitrogen and oxygen atoms in total. The van der Waals surface area contributed by atoms with Gasteiger partial charge in [0.05, 0.1) is 11.4 Å². The molecule has 2 aromatic rings. The lowest BCUT2D eigenvalue weighted by atomic mass is 9.95. The summed E-state index contributed by atoms with van der Waals surface area (Å²) in [5, 5.41) is 3.57. The number of likely N-dealkylation sites (N-methyl/N-ethyl adjacent to an activating group) is 1. The predicted molar refractivity (Wildman–Crippen MR) is 142 cm³/mol. The highest BCUT2D eigenvalue weighted by molar-refractivity contribution is 7.89. The van der Waals surface area contributed by atoms with E-state index >= 15 is 0 Å². The summed E-state index contributed by atoms with van der Waals surface area (Å²) in [6.45, 7) is 1.82. The van der Waals surface area contributed by atoms with E-state index in [1.54, 1.807) is 4.90 Å². The lowest BCUT2D eigenvalue weighted by molar-refractivity contribution is -0.141. The van der Waals surface area contributed by atoms with Gasteiger partial charge < -0.3 is 10.2 Å². The van der Waals surface area contributed by atoms with Crippen LogP contribution in [0.4, 0.5) is 0 Å². The molecule has 0 heterocycles. The number of hydrogen-bond donors (Lipinski definition) is 1. The molecule has 2 aromatic carbocycles. The van der Waals surface area contributed by atoms with Gasteiger partial charge in [-0.05, 0) is 55.5 Å². The summed E-state index contributed by atoms with van der Waals surface area (Å²) in [5.74, 6) is -0.578. The molecule has 0 radical (unpaired) electrons. The summed E-state index contributed by atoms with van der Waals surface area (Å²) < 4.78 is 27.1. The fourth-order valence-corrected chi connectivity index (χ4v) is 5.84. The number of nitrogens with zero attached hydrogens (tertiary/aromatic N) is 2. The van der Waals surface area contributed by atoms with Crippen molar-refractivity contribution in [3.8, 4) is 0 Å². The summed E-state index contributed by atoms with van der Waals surface area (Å²) in [6, 6.07) is 15.0. The van der Waals surface area contributed by atoms with E-state index in [9.17, 15) is 18.0 Å². The average Bonchev–Trinajstić information content (AvgIpc) is 2.87. The molecule has 1 fully saturated rings. The number of sulfonamides is 1. The van der Waals surface area contributed by atoms with Gasteiger partial charge in [-0.2, -0.15) is 4.31 Å². The van der Waals surface area contributed by atoms with E-state index in [-0.39, 0.29) is 23.4 Å². The lowest BCUT2D eigenvalue weighted by Crippen LogP contribution is -2.54. The number of amides is 2. The fourth-order valence-electron chi connectivity index (χ4n) is 4.59. The number of nitrogens with one attached hydrogen (secondary N) is 1. The first-order valence-electron chi connectivity index (χ1n) is 12.6. The number of rotatable bonds is 11. The largest absolute Gasteiger partial charge is 0.352 e. The van der Waals surface area contributed by atoms with Crippen molar-refractivity contribution in [2.75, 3.05) is 20.1 Å². The van der Waals surface area contributed by atoms with Crippen molar-refractivity contribution in [1.29, 1.82) is 0 Å². The van der Waals surface area contributed by atoms with E-state index in [1.807, 2.05) is 37.3 Å². The topological polar surface area (TPSA) is 86.8 Å². The Bertz CT molecular complexity index is 1100. The molecule has 1 N–H and O–H groups in total. The Balaban J connectivity index is 1.78. The zero-order valence-corrected chi connectivity index (χ0v) is 22.6. The van der Waals surface area contributed by atoms with Gasteiger partial charge >= 0.3 is 0 Å². The van der Waals surface area contributed by atoms with Gasteiger partial charge in [0.15, 0.2) is 0 Å². The smallest absolute Gasteiger partial charge is 0.243 e. The summed E-state index contributed by atoms with van der Waals surface area (Å²) in [5.41, 5.74) is 1.04. The normalized spacial score (nSPS) is 15.4. The molecule has 0 bridgehead atoms. The summed E-state index contributed by atoms with van der Waals surface area (Å²) >= 11 is 5.90. The molecule has 0 spiro atoms. The van der Waals surface area contributed by atoms with Crippen LogP contribution in [0.5, 0.6) is 0 Å². The Morgan fingerprint density at radius 2 is 1.67 bits per heavy atom. The van der Waals surface area contributed by atoms with Crippen LogP contribution in [-0.4, -0.2) is 61.7 Å². The van der Waals surface area contributed by atoms with Crippen LogP contribution in [0.1, 0.15) is 51.0 Å². The Labute approximate surface area is 219 Å². The molecule has 1 saturated carbocycles. The predicted octanol–water partition coefficient (Wildman–Crippen LogP) is 4.26. The van der Waals surface area contributed by atoms with Crippen molar-refractivity contribution >= 4 is 33.4 Å². The van der Waals surface area contributed by atoms with Crippen molar-refractivity contribution in [3.63, 3.8) is 0 Å². The SMILES string of the molecule is CC[C@@H](C(=O)NC1CCCCC1)N(CCc1ccccc1)C(=O)CN(C)S(=O)(=O)c1ccc(Cl)cc1. The monoisotopic (exact) mass is 533 g/mol. The van der Waals surface area contributed by atoms with Gasteiger partial charge in [-0.25, -0.2) is 8.42 Å². The summed E-state index contributed by atoms with van der Waals surface area (Å²) in [6.07, 6.45) is 6.25. The number of halogens is 1. The fraction of sp³-hybridized carbons (Fsp3) is 0.481. The molecule has 1 aliphatic rings. The summed E-state index contributed by atoms with van der Waals surface area (Å²) in [7, 11) is -2.52. The Morgan fingerprint density at radius 1 is 1.03 bits per heavy atom. The van der Waals surface area contributed by atoms with Crippen LogP contribution in [-0.2, 0) is 26.0 Å². The van der Waals surface area contributed by atoms with Crippen molar-refractivity contribution in [1.82, 2.24) is 14.5 Å². The maximum atomic E-state index is 13.5. The van der Waals surface area contributed by atoms with Crippen molar-refractivity contribution < 1.29 is 18.0 Å². The first-order chi connectivity index (χ1) is 17.2. The first kappa shape index (κ1) is 28.2. The van der Waals surface area contributed by atoms with Gasteiger partial charge in [-0.1, -0.05) is 68.1 Å². The minimum Gasteiger partial charge on any atom is -0.352 e. The van der Waals surface area contributed by atoms with Crippen LogP contribution >= 0.6 is 11.6 Å². The van der Waals surface area contributed by atoms with Gasteiger partial charge in [0.2, 0.25) is 21.8 Å². The third-order valence-electron chi connectivity index (χ3n) is 6.70. The molecule has 36 heavy (non-hydrogen) atoms. The molecule has 1 aliphatic carbocycles. The Hall–Kier alpha value is -2.42. The molecule has 3 rings (SSSR count). The molecule has 0 aromatic heterocycles. The number of carbonyl (C=O) groups is 2. The van der Waals surface area contributed by atoms with Crippen LogP contribution in [0.25, 0.3) is 0 Å².